The predicted octanol–water partition coefficient (Wildman–Crippen LogP) is 4.10. The number of nitriles is 1. The quantitative estimate of drug-likeness (QED) is 0.762. The van der Waals surface area contributed by atoms with Crippen LogP contribution in [0.15, 0.2) is 22.0 Å². The molecule has 3 heteroatoms. The number of thiophene rings is 1. The van der Waals surface area contributed by atoms with Crippen LogP contribution in [-0.2, 0) is 6.42 Å². The lowest BCUT2D eigenvalue weighted by Gasteiger charge is -2.04. The van der Waals surface area contributed by atoms with Gasteiger partial charge in [0.05, 0.1) is 10.0 Å². The lowest BCUT2D eigenvalue weighted by atomic mass is 10.0. The molecule has 0 radical (unpaired) electrons. The van der Waals surface area contributed by atoms with Crippen molar-refractivity contribution in [2.24, 2.45) is 0 Å². The highest BCUT2D eigenvalue weighted by Gasteiger charge is 2.10. The number of fused-ring (bicyclic) bond motifs is 1. The molecule has 2 rings (SSSR count). The molecule has 2 aromatic rings. The number of hydrogen-bond acceptors (Lipinski definition) is 2. The van der Waals surface area contributed by atoms with Gasteiger partial charge in [0.1, 0.15) is 6.07 Å². The Kier molecular flexibility index (Phi) is 2.58. The molecular formula is C11H8BrNS. The number of halogens is 1. The molecule has 0 N–H and O–H groups in total. The minimum Gasteiger partial charge on any atom is -0.192 e. The van der Waals surface area contributed by atoms with Crippen LogP contribution in [0.3, 0.4) is 0 Å². The van der Waals surface area contributed by atoms with Crippen molar-refractivity contribution in [2.75, 3.05) is 0 Å². The topological polar surface area (TPSA) is 23.8 Å². The summed E-state index contributed by atoms with van der Waals surface area (Å²) < 4.78 is 2.11. The first kappa shape index (κ1) is 9.70. The zero-order valence-electron chi connectivity index (χ0n) is 7.67. The summed E-state index contributed by atoms with van der Waals surface area (Å²) >= 11 is 5.17. The van der Waals surface area contributed by atoms with Crippen LogP contribution in [0.2, 0.25) is 0 Å². The van der Waals surface area contributed by atoms with Crippen LogP contribution >= 0.6 is 27.3 Å². The average molecular weight is 266 g/mol. The van der Waals surface area contributed by atoms with Crippen LogP contribution in [0, 0.1) is 11.3 Å². The van der Waals surface area contributed by atoms with Gasteiger partial charge in [0.15, 0.2) is 0 Å². The smallest absolute Gasteiger partial charge is 0.101 e. The number of rotatable bonds is 1. The van der Waals surface area contributed by atoms with Crippen molar-refractivity contribution in [3.8, 4) is 6.07 Å². The molecule has 0 saturated carbocycles. The predicted molar refractivity (Wildman–Crippen MR) is 63.6 cm³/mol. The Morgan fingerprint density at radius 1 is 1.57 bits per heavy atom. The van der Waals surface area contributed by atoms with E-state index < -0.39 is 0 Å². The van der Waals surface area contributed by atoms with Crippen LogP contribution < -0.4 is 0 Å². The molecule has 1 heterocycles. The molecule has 0 saturated heterocycles. The normalized spacial score (nSPS) is 10.4. The number of benzene rings is 1. The Balaban J connectivity index is 2.88. The van der Waals surface area contributed by atoms with E-state index in [2.05, 4.69) is 46.4 Å². The number of nitrogens with zero attached hydrogens (tertiary/aromatic N) is 1. The molecule has 70 valence electrons. The van der Waals surface area contributed by atoms with Crippen molar-refractivity contribution in [1.29, 1.82) is 5.26 Å². The van der Waals surface area contributed by atoms with Crippen LogP contribution in [-0.4, -0.2) is 0 Å². The third kappa shape index (κ3) is 1.35. The molecule has 0 atom stereocenters. The summed E-state index contributed by atoms with van der Waals surface area (Å²) in [6.45, 7) is 2.07. The maximum Gasteiger partial charge on any atom is 0.101 e. The van der Waals surface area contributed by atoms with Crippen LogP contribution in [0.1, 0.15) is 18.1 Å². The number of hydrogen-bond donors (Lipinski definition) is 0. The van der Waals surface area contributed by atoms with Gasteiger partial charge < -0.3 is 0 Å². The first-order valence-electron chi connectivity index (χ1n) is 4.36. The van der Waals surface area contributed by atoms with Gasteiger partial charge in [0.25, 0.3) is 0 Å². The van der Waals surface area contributed by atoms with E-state index in [1.54, 1.807) is 11.3 Å². The molecule has 0 spiro atoms. The fourth-order valence-electron chi connectivity index (χ4n) is 1.53. The molecule has 0 aliphatic carbocycles. The van der Waals surface area contributed by atoms with E-state index in [4.69, 9.17) is 5.26 Å². The van der Waals surface area contributed by atoms with Gasteiger partial charge >= 0.3 is 0 Å². The van der Waals surface area contributed by atoms with Crippen LogP contribution in [0.5, 0.6) is 0 Å². The van der Waals surface area contributed by atoms with Gasteiger partial charge in [0, 0.05) is 4.70 Å². The van der Waals surface area contributed by atoms with Crippen molar-refractivity contribution >= 4 is 37.4 Å². The van der Waals surface area contributed by atoms with Crippen molar-refractivity contribution in [3.05, 3.63) is 33.1 Å². The van der Waals surface area contributed by atoms with Crippen molar-refractivity contribution in [1.82, 2.24) is 0 Å². The maximum atomic E-state index is 9.05. The lowest BCUT2D eigenvalue weighted by molar-refractivity contribution is 1.13. The minimum atomic E-state index is 0.780. The lowest BCUT2D eigenvalue weighted by Crippen LogP contribution is -1.88. The highest BCUT2D eigenvalue weighted by molar-refractivity contribution is 9.10. The Morgan fingerprint density at radius 3 is 3.00 bits per heavy atom. The molecule has 0 aliphatic rings. The van der Waals surface area contributed by atoms with Gasteiger partial charge in [-0.15, -0.1) is 11.3 Å². The van der Waals surface area contributed by atoms with Gasteiger partial charge in [-0.25, -0.2) is 0 Å². The van der Waals surface area contributed by atoms with E-state index in [-0.39, 0.29) is 0 Å². The van der Waals surface area contributed by atoms with E-state index in [1.807, 2.05) is 0 Å². The first-order valence-corrected chi connectivity index (χ1v) is 6.04. The van der Waals surface area contributed by atoms with Crippen molar-refractivity contribution in [3.63, 3.8) is 0 Å². The van der Waals surface area contributed by atoms with Gasteiger partial charge in [-0.2, -0.15) is 5.26 Å². The molecule has 0 fully saturated rings. The summed E-state index contributed by atoms with van der Waals surface area (Å²) in [4.78, 5) is 0. The highest BCUT2D eigenvalue weighted by Crippen LogP contribution is 2.34. The molecule has 0 bridgehead atoms. The average Bonchev–Trinajstić information content (AvgIpc) is 2.65. The monoisotopic (exact) mass is 265 g/mol. The zero-order chi connectivity index (χ0) is 10.1. The van der Waals surface area contributed by atoms with Crippen molar-refractivity contribution < 1.29 is 0 Å². The minimum absolute atomic E-state index is 0.780. The fourth-order valence-corrected chi connectivity index (χ4v) is 3.20. The Hall–Kier alpha value is -0.850. The SMILES string of the molecule is CCc1cc2ccsc2c(Br)c1C#N. The summed E-state index contributed by atoms with van der Waals surface area (Å²) in [5.41, 5.74) is 1.90. The summed E-state index contributed by atoms with van der Waals surface area (Å²) in [7, 11) is 0. The summed E-state index contributed by atoms with van der Waals surface area (Å²) in [6, 6.07) is 6.45. The number of aryl methyl sites for hydroxylation is 1. The van der Waals surface area contributed by atoms with Crippen molar-refractivity contribution in [2.45, 2.75) is 13.3 Å². The molecule has 1 aromatic heterocycles. The van der Waals surface area contributed by atoms with Gasteiger partial charge in [0.2, 0.25) is 0 Å². The first-order chi connectivity index (χ1) is 6.77. The molecular weight excluding hydrogens is 258 g/mol. The van der Waals surface area contributed by atoms with Crippen LogP contribution in [0.25, 0.3) is 10.1 Å². The van der Waals surface area contributed by atoms with Gasteiger partial charge in [-0.1, -0.05) is 6.92 Å². The molecule has 0 amide bonds. The van der Waals surface area contributed by atoms with E-state index in [0.29, 0.717) is 0 Å². The Bertz CT molecular complexity index is 522. The standard InChI is InChI=1S/C11H8BrNS/c1-2-7-5-8-3-4-14-11(8)10(12)9(7)6-13/h3-5H,2H2,1H3. The Morgan fingerprint density at radius 2 is 2.36 bits per heavy atom. The maximum absolute atomic E-state index is 9.05. The van der Waals surface area contributed by atoms with Crippen LogP contribution in [0.4, 0.5) is 0 Å². The molecule has 1 aromatic carbocycles. The van der Waals surface area contributed by atoms with Gasteiger partial charge in [-0.05, 0) is 50.8 Å². The summed E-state index contributed by atoms with van der Waals surface area (Å²) in [5, 5.41) is 12.3. The molecule has 14 heavy (non-hydrogen) atoms. The second-order valence-corrected chi connectivity index (χ2v) is 4.74. The third-order valence-corrected chi connectivity index (χ3v) is 4.26. The van der Waals surface area contributed by atoms with E-state index in [0.717, 1.165) is 22.0 Å². The molecule has 0 aliphatic heterocycles. The largest absolute Gasteiger partial charge is 0.192 e. The molecule has 0 unspecified atom stereocenters. The molecule has 1 nitrogen and oxygen atoms in total. The summed E-state index contributed by atoms with van der Waals surface area (Å²) in [5.74, 6) is 0. The Labute approximate surface area is 95.1 Å². The summed E-state index contributed by atoms with van der Waals surface area (Å²) in [6.07, 6.45) is 0.896. The van der Waals surface area contributed by atoms with E-state index >= 15 is 0 Å². The van der Waals surface area contributed by atoms with E-state index in [9.17, 15) is 0 Å². The zero-order valence-corrected chi connectivity index (χ0v) is 10.1. The highest BCUT2D eigenvalue weighted by atomic mass is 79.9. The third-order valence-electron chi connectivity index (χ3n) is 2.26. The second kappa shape index (κ2) is 3.72. The fraction of sp³-hybridized carbons (Fsp3) is 0.182. The second-order valence-electron chi connectivity index (χ2n) is 3.03. The van der Waals surface area contributed by atoms with E-state index in [1.165, 1.54) is 10.1 Å². The van der Waals surface area contributed by atoms with Gasteiger partial charge in [-0.3, -0.25) is 0 Å².